The van der Waals surface area contributed by atoms with Crippen molar-refractivity contribution < 1.29 is 4.79 Å². The lowest BCUT2D eigenvalue weighted by Gasteiger charge is -2.31. The van der Waals surface area contributed by atoms with Crippen LogP contribution in [0.1, 0.15) is 39.0 Å². The third-order valence-corrected chi connectivity index (χ3v) is 3.63. The smallest absolute Gasteiger partial charge is 0.235 e. The molecule has 4 heteroatoms. The fraction of sp³-hybridized carbons (Fsp3) is 0.818. The van der Waals surface area contributed by atoms with Crippen LogP contribution in [0.4, 0.5) is 0 Å². The zero-order valence-corrected chi connectivity index (χ0v) is 10.4. The molecule has 1 fully saturated rings. The van der Waals surface area contributed by atoms with Gasteiger partial charge in [0.05, 0.1) is 10.4 Å². The third kappa shape index (κ3) is 2.30. The third-order valence-electron chi connectivity index (χ3n) is 3.24. The lowest BCUT2D eigenvalue weighted by Crippen LogP contribution is -2.48. The van der Waals surface area contributed by atoms with E-state index in [0.717, 1.165) is 38.6 Å². The van der Waals surface area contributed by atoms with E-state index in [0.29, 0.717) is 4.99 Å². The summed E-state index contributed by atoms with van der Waals surface area (Å²) in [5.74, 6) is 0.120. The maximum absolute atomic E-state index is 12.3. The van der Waals surface area contributed by atoms with Crippen molar-refractivity contribution in [3.8, 4) is 0 Å². The van der Waals surface area contributed by atoms with Crippen LogP contribution in [0, 0.1) is 5.41 Å². The van der Waals surface area contributed by atoms with E-state index < -0.39 is 5.41 Å². The molecule has 1 aliphatic rings. The van der Waals surface area contributed by atoms with E-state index >= 15 is 0 Å². The minimum atomic E-state index is -0.529. The predicted octanol–water partition coefficient (Wildman–Crippen LogP) is 1.70. The normalized spacial score (nSPS) is 18.8. The summed E-state index contributed by atoms with van der Waals surface area (Å²) in [6.45, 7) is 2.84. The molecule has 0 heterocycles. The topological polar surface area (TPSA) is 46.3 Å². The van der Waals surface area contributed by atoms with Gasteiger partial charge in [0, 0.05) is 13.6 Å². The first-order valence-electron chi connectivity index (χ1n) is 5.60. The van der Waals surface area contributed by atoms with Gasteiger partial charge in [-0.1, -0.05) is 32.0 Å². The van der Waals surface area contributed by atoms with Gasteiger partial charge in [-0.15, -0.1) is 0 Å². The van der Waals surface area contributed by atoms with E-state index in [9.17, 15) is 4.79 Å². The predicted molar refractivity (Wildman–Crippen MR) is 65.6 cm³/mol. The molecule has 0 spiro atoms. The number of amides is 1. The van der Waals surface area contributed by atoms with Crippen LogP contribution in [0.5, 0.6) is 0 Å². The molecule has 2 N–H and O–H groups in total. The maximum atomic E-state index is 12.3. The van der Waals surface area contributed by atoms with Crippen LogP contribution in [-0.2, 0) is 4.79 Å². The summed E-state index contributed by atoms with van der Waals surface area (Å²) in [6.07, 6.45) is 4.74. The quantitative estimate of drug-likeness (QED) is 0.745. The van der Waals surface area contributed by atoms with Crippen LogP contribution in [0.15, 0.2) is 0 Å². The van der Waals surface area contributed by atoms with Crippen LogP contribution in [0.2, 0.25) is 0 Å². The molecule has 0 aromatic heterocycles. The SMILES string of the molecule is CCCN(C)C(=O)C1(C(N)=S)CCCC1. The highest BCUT2D eigenvalue weighted by Crippen LogP contribution is 2.39. The Hall–Kier alpha value is -0.640. The van der Waals surface area contributed by atoms with E-state index in [1.165, 1.54) is 0 Å². The van der Waals surface area contributed by atoms with E-state index in [2.05, 4.69) is 6.92 Å². The summed E-state index contributed by atoms with van der Waals surface area (Å²) in [4.78, 5) is 14.4. The standard InChI is InChI=1S/C11H20N2OS/c1-3-8-13(2)10(14)11(9(12)15)6-4-5-7-11/h3-8H2,1-2H3,(H2,12,15). The number of rotatable bonds is 4. The van der Waals surface area contributed by atoms with Crippen molar-refractivity contribution in [2.24, 2.45) is 11.1 Å². The number of nitrogens with zero attached hydrogens (tertiary/aromatic N) is 1. The van der Waals surface area contributed by atoms with Crippen molar-refractivity contribution in [3.05, 3.63) is 0 Å². The maximum Gasteiger partial charge on any atom is 0.235 e. The Morgan fingerprint density at radius 2 is 2.00 bits per heavy atom. The molecule has 3 nitrogen and oxygen atoms in total. The van der Waals surface area contributed by atoms with Crippen molar-refractivity contribution >= 4 is 23.1 Å². The van der Waals surface area contributed by atoms with Crippen LogP contribution in [0.25, 0.3) is 0 Å². The number of hydrogen-bond acceptors (Lipinski definition) is 2. The second-order valence-electron chi connectivity index (χ2n) is 4.38. The molecule has 15 heavy (non-hydrogen) atoms. The minimum Gasteiger partial charge on any atom is -0.392 e. The largest absolute Gasteiger partial charge is 0.392 e. The summed E-state index contributed by atoms with van der Waals surface area (Å²) in [5.41, 5.74) is 5.22. The zero-order chi connectivity index (χ0) is 11.5. The van der Waals surface area contributed by atoms with Gasteiger partial charge in [0.15, 0.2) is 0 Å². The average molecular weight is 228 g/mol. The van der Waals surface area contributed by atoms with Crippen LogP contribution in [0.3, 0.4) is 0 Å². The highest BCUT2D eigenvalue weighted by atomic mass is 32.1. The van der Waals surface area contributed by atoms with Gasteiger partial charge in [0.25, 0.3) is 0 Å². The van der Waals surface area contributed by atoms with Crippen molar-refractivity contribution in [2.45, 2.75) is 39.0 Å². The van der Waals surface area contributed by atoms with Gasteiger partial charge in [-0.05, 0) is 19.3 Å². The van der Waals surface area contributed by atoms with Gasteiger partial charge < -0.3 is 10.6 Å². The summed E-state index contributed by atoms with van der Waals surface area (Å²) >= 11 is 5.08. The van der Waals surface area contributed by atoms with Gasteiger partial charge >= 0.3 is 0 Å². The molecule has 1 aliphatic carbocycles. The van der Waals surface area contributed by atoms with E-state index in [4.69, 9.17) is 18.0 Å². The second-order valence-corrected chi connectivity index (χ2v) is 4.82. The van der Waals surface area contributed by atoms with Gasteiger partial charge in [0.2, 0.25) is 5.91 Å². The Morgan fingerprint density at radius 3 is 2.40 bits per heavy atom. The molecule has 0 aromatic carbocycles. The molecule has 0 unspecified atom stereocenters. The van der Waals surface area contributed by atoms with Crippen LogP contribution in [-0.4, -0.2) is 29.4 Å². The Morgan fingerprint density at radius 1 is 1.47 bits per heavy atom. The van der Waals surface area contributed by atoms with E-state index in [1.54, 1.807) is 4.90 Å². The fourth-order valence-corrected chi connectivity index (χ4v) is 2.64. The Bertz CT molecular complexity index is 259. The van der Waals surface area contributed by atoms with Crippen molar-refractivity contribution in [3.63, 3.8) is 0 Å². The molecular formula is C11H20N2OS. The monoisotopic (exact) mass is 228 g/mol. The molecule has 86 valence electrons. The molecule has 1 rings (SSSR count). The molecule has 1 saturated carbocycles. The summed E-state index contributed by atoms with van der Waals surface area (Å²) < 4.78 is 0. The number of carbonyl (C=O) groups excluding carboxylic acids is 1. The minimum absolute atomic E-state index is 0.120. The molecule has 0 atom stereocenters. The Kier molecular flexibility index (Phi) is 4.08. The van der Waals surface area contributed by atoms with Gasteiger partial charge in [0.1, 0.15) is 0 Å². The molecule has 0 bridgehead atoms. The Balaban J connectivity index is 2.81. The lowest BCUT2D eigenvalue weighted by atomic mass is 9.84. The first-order valence-corrected chi connectivity index (χ1v) is 6.01. The Labute approximate surface area is 97.0 Å². The van der Waals surface area contributed by atoms with Crippen molar-refractivity contribution in [2.75, 3.05) is 13.6 Å². The number of thiocarbonyl (C=S) groups is 1. The highest BCUT2D eigenvalue weighted by Gasteiger charge is 2.45. The molecular weight excluding hydrogens is 208 g/mol. The molecule has 1 amide bonds. The van der Waals surface area contributed by atoms with Crippen molar-refractivity contribution in [1.29, 1.82) is 0 Å². The number of nitrogens with two attached hydrogens (primary N) is 1. The number of carbonyl (C=O) groups is 1. The van der Waals surface area contributed by atoms with Crippen molar-refractivity contribution in [1.82, 2.24) is 4.90 Å². The van der Waals surface area contributed by atoms with E-state index in [1.807, 2.05) is 7.05 Å². The first kappa shape index (κ1) is 12.4. The number of hydrogen-bond donors (Lipinski definition) is 1. The van der Waals surface area contributed by atoms with Crippen LogP contribution >= 0.6 is 12.2 Å². The zero-order valence-electron chi connectivity index (χ0n) is 9.58. The molecule has 0 saturated heterocycles. The highest BCUT2D eigenvalue weighted by molar-refractivity contribution is 7.80. The second kappa shape index (κ2) is 4.92. The van der Waals surface area contributed by atoms with Gasteiger partial charge in [-0.3, -0.25) is 4.79 Å². The molecule has 0 radical (unpaired) electrons. The van der Waals surface area contributed by atoms with E-state index in [-0.39, 0.29) is 5.91 Å². The summed E-state index contributed by atoms with van der Waals surface area (Å²) in [7, 11) is 1.84. The fourth-order valence-electron chi connectivity index (χ4n) is 2.35. The van der Waals surface area contributed by atoms with Crippen LogP contribution < -0.4 is 5.73 Å². The summed E-state index contributed by atoms with van der Waals surface area (Å²) in [5, 5.41) is 0. The van der Waals surface area contributed by atoms with Gasteiger partial charge in [-0.2, -0.15) is 0 Å². The molecule has 0 aliphatic heterocycles. The van der Waals surface area contributed by atoms with Gasteiger partial charge in [-0.25, -0.2) is 0 Å². The average Bonchev–Trinajstić information content (AvgIpc) is 2.66. The molecule has 0 aromatic rings. The lowest BCUT2D eigenvalue weighted by molar-refractivity contribution is -0.136. The first-order chi connectivity index (χ1) is 7.04. The summed E-state index contributed by atoms with van der Waals surface area (Å²) in [6, 6.07) is 0.